The van der Waals surface area contributed by atoms with Crippen LogP contribution in [0.25, 0.3) is 0 Å². The van der Waals surface area contributed by atoms with E-state index in [0.717, 1.165) is 0 Å². The fraction of sp³-hybridized carbons (Fsp3) is 0.231. The maximum absolute atomic E-state index is 9.23. The van der Waals surface area contributed by atoms with E-state index in [-0.39, 0.29) is 19.8 Å². The highest BCUT2D eigenvalue weighted by molar-refractivity contribution is 5.44. The van der Waals surface area contributed by atoms with Crippen LogP contribution in [0.15, 0.2) is 18.2 Å². The van der Waals surface area contributed by atoms with Gasteiger partial charge in [0.05, 0.1) is 12.2 Å². The average molecular weight is 216 g/mol. The van der Waals surface area contributed by atoms with Gasteiger partial charge in [-0.15, -0.1) is 12.8 Å². The Kier molecular flexibility index (Phi) is 4.79. The molecule has 0 atom stereocenters. The van der Waals surface area contributed by atoms with Crippen LogP contribution in [0, 0.1) is 24.7 Å². The molecule has 1 N–H and O–H groups in total. The Morgan fingerprint density at radius 1 is 1.06 bits per heavy atom. The molecule has 1 aromatic carbocycles. The highest BCUT2D eigenvalue weighted by Gasteiger charge is 2.09. The third-order valence-corrected chi connectivity index (χ3v) is 1.87. The van der Waals surface area contributed by atoms with Gasteiger partial charge in [0, 0.05) is 0 Å². The maximum Gasteiger partial charge on any atom is 0.148 e. The molecule has 0 aromatic heterocycles. The predicted molar refractivity (Wildman–Crippen MR) is 61.0 cm³/mol. The molecule has 0 aliphatic heterocycles. The lowest BCUT2D eigenvalue weighted by atomic mass is 10.2. The summed E-state index contributed by atoms with van der Waals surface area (Å²) in [6, 6.07) is 5.17. The number of benzene rings is 1. The third-order valence-electron chi connectivity index (χ3n) is 1.87. The largest absolute Gasteiger partial charge is 0.480 e. The predicted octanol–water partition coefficient (Wildman–Crippen LogP) is 1.20. The highest BCUT2D eigenvalue weighted by atomic mass is 16.5. The van der Waals surface area contributed by atoms with Crippen molar-refractivity contribution < 1.29 is 14.6 Å². The Morgan fingerprint density at radius 2 is 1.56 bits per heavy atom. The number of aliphatic hydroxyl groups excluding tert-OH is 1. The van der Waals surface area contributed by atoms with E-state index < -0.39 is 0 Å². The van der Waals surface area contributed by atoms with E-state index in [9.17, 15) is 5.11 Å². The summed E-state index contributed by atoms with van der Waals surface area (Å²) in [4.78, 5) is 0. The minimum absolute atomic E-state index is 0.144. The molecule has 0 amide bonds. The topological polar surface area (TPSA) is 38.7 Å². The van der Waals surface area contributed by atoms with Crippen LogP contribution in [-0.4, -0.2) is 18.3 Å². The Bertz CT molecular complexity index is 388. The summed E-state index contributed by atoms with van der Waals surface area (Å²) in [5.41, 5.74) is 0.549. The molecule has 0 aliphatic rings. The van der Waals surface area contributed by atoms with Crippen molar-refractivity contribution in [3.8, 4) is 36.2 Å². The second-order valence-corrected chi connectivity index (χ2v) is 2.88. The first kappa shape index (κ1) is 12.0. The molecule has 0 bridgehead atoms. The summed E-state index contributed by atoms with van der Waals surface area (Å²) in [6.07, 6.45) is 10.2. The summed E-state index contributed by atoms with van der Waals surface area (Å²) in [5.74, 6) is 5.72. The molecule has 0 saturated heterocycles. The molecule has 0 aliphatic carbocycles. The van der Waals surface area contributed by atoms with Gasteiger partial charge in [-0.25, -0.2) is 0 Å². The van der Waals surface area contributed by atoms with E-state index in [0.29, 0.717) is 17.1 Å². The zero-order chi connectivity index (χ0) is 11.8. The Labute approximate surface area is 95.0 Å². The normalized spacial score (nSPS) is 8.94. The van der Waals surface area contributed by atoms with E-state index in [2.05, 4.69) is 11.8 Å². The van der Waals surface area contributed by atoms with Crippen molar-refractivity contribution in [1.29, 1.82) is 0 Å². The van der Waals surface area contributed by atoms with Gasteiger partial charge in [0.15, 0.2) is 0 Å². The van der Waals surface area contributed by atoms with Crippen molar-refractivity contribution in [1.82, 2.24) is 0 Å². The van der Waals surface area contributed by atoms with Gasteiger partial charge in [0.1, 0.15) is 24.7 Å². The first-order valence-electron chi connectivity index (χ1n) is 4.68. The van der Waals surface area contributed by atoms with Crippen molar-refractivity contribution in [2.24, 2.45) is 0 Å². The second-order valence-electron chi connectivity index (χ2n) is 2.88. The van der Waals surface area contributed by atoms with Gasteiger partial charge in [-0.2, -0.15) is 0 Å². The summed E-state index contributed by atoms with van der Waals surface area (Å²) < 4.78 is 10.5. The van der Waals surface area contributed by atoms with Crippen LogP contribution in [0.1, 0.15) is 5.56 Å². The van der Waals surface area contributed by atoms with Gasteiger partial charge >= 0.3 is 0 Å². The molecule has 0 unspecified atom stereocenters. The highest BCUT2D eigenvalue weighted by Crippen LogP contribution is 2.28. The number of rotatable bonds is 5. The standard InChI is InChI=1S/C13H12O3/c1-3-8-15-12-6-5-7-13(11(12)10-14)16-9-4-2/h1-2,5-7,14H,8-10H2. The van der Waals surface area contributed by atoms with Gasteiger partial charge in [0.2, 0.25) is 0 Å². The molecule has 0 spiro atoms. The molecular formula is C13H12O3. The number of hydrogen-bond acceptors (Lipinski definition) is 3. The minimum atomic E-state index is -0.194. The molecule has 0 heterocycles. The first-order chi connectivity index (χ1) is 7.83. The summed E-state index contributed by atoms with van der Waals surface area (Å²) >= 11 is 0. The van der Waals surface area contributed by atoms with Crippen molar-refractivity contribution >= 4 is 0 Å². The molecule has 1 rings (SSSR count). The monoisotopic (exact) mass is 216 g/mol. The zero-order valence-corrected chi connectivity index (χ0v) is 8.77. The third kappa shape index (κ3) is 2.95. The van der Waals surface area contributed by atoms with Crippen LogP contribution in [0.4, 0.5) is 0 Å². The minimum Gasteiger partial charge on any atom is -0.480 e. The van der Waals surface area contributed by atoms with E-state index >= 15 is 0 Å². The molecule has 82 valence electrons. The molecule has 0 saturated carbocycles. The smallest absolute Gasteiger partial charge is 0.148 e. The van der Waals surface area contributed by atoms with Gasteiger partial charge in [-0.05, 0) is 12.1 Å². The molecule has 0 fully saturated rings. The lowest BCUT2D eigenvalue weighted by Gasteiger charge is -2.12. The molecular weight excluding hydrogens is 204 g/mol. The Hall–Kier alpha value is -2.10. The van der Waals surface area contributed by atoms with Crippen molar-refractivity contribution in [2.45, 2.75) is 6.61 Å². The number of aliphatic hydroxyl groups is 1. The van der Waals surface area contributed by atoms with Crippen molar-refractivity contribution in [3.05, 3.63) is 23.8 Å². The van der Waals surface area contributed by atoms with Crippen LogP contribution >= 0.6 is 0 Å². The Morgan fingerprint density at radius 3 is 1.94 bits per heavy atom. The quantitative estimate of drug-likeness (QED) is 0.752. The van der Waals surface area contributed by atoms with Crippen molar-refractivity contribution in [2.75, 3.05) is 13.2 Å². The Balaban J connectivity index is 2.92. The molecule has 16 heavy (non-hydrogen) atoms. The van der Waals surface area contributed by atoms with Crippen LogP contribution in [0.5, 0.6) is 11.5 Å². The fourth-order valence-corrected chi connectivity index (χ4v) is 1.21. The van der Waals surface area contributed by atoms with E-state index in [1.807, 2.05) is 0 Å². The lowest BCUT2D eigenvalue weighted by molar-refractivity contribution is 0.259. The van der Waals surface area contributed by atoms with Gasteiger partial charge < -0.3 is 14.6 Å². The van der Waals surface area contributed by atoms with Gasteiger partial charge in [0.25, 0.3) is 0 Å². The van der Waals surface area contributed by atoms with Crippen LogP contribution < -0.4 is 9.47 Å². The van der Waals surface area contributed by atoms with E-state index in [4.69, 9.17) is 22.3 Å². The maximum atomic E-state index is 9.23. The SMILES string of the molecule is C#CCOc1cccc(OCC#C)c1CO. The summed E-state index contributed by atoms with van der Waals surface area (Å²) in [5, 5.41) is 9.23. The zero-order valence-electron chi connectivity index (χ0n) is 8.77. The van der Waals surface area contributed by atoms with E-state index in [1.165, 1.54) is 0 Å². The first-order valence-corrected chi connectivity index (χ1v) is 4.68. The molecule has 1 aromatic rings. The summed E-state index contributed by atoms with van der Waals surface area (Å²) in [7, 11) is 0. The lowest BCUT2D eigenvalue weighted by Crippen LogP contribution is -2.02. The number of ether oxygens (including phenoxy) is 2. The van der Waals surface area contributed by atoms with Crippen LogP contribution in [0.2, 0.25) is 0 Å². The molecule has 3 nitrogen and oxygen atoms in total. The number of terminal acetylenes is 2. The average Bonchev–Trinajstić information content (AvgIpc) is 2.33. The van der Waals surface area contributed by atoms with Crippen molar-refractivity contribution in [3.63, 3.8) is 0 Å². The number of hydrogen-bond donors (Lipinski definition) is 1. The van der Waals surface area contributed by atoms with Gasteiger partial charge in [-0.1, -0.05) is 17.9 Å². The second kappa shape index (κ2) is 6.40. The molecule has 3 heteroatoms. The summed E-state index contributed by atoms with van der Waals surface area (Å²) in [6.45, 7) is 0.0951. The van der Waals surface area contributed by atoms with Crippen LogP contribution in [-0.2, 0) is 6.61 Å². The van der Waals surface area contributed by atoms with E-state index in [1.54, 1.807) is 18.2 Å². The van der Waals surface area contributed by atoms with Crippen LogP contribution in [0.3, 0.4) is 0 Å². The molecule has 0 radical (unpaired) electrons. The van der Waals surface area contributed by atoms with Gasteiger partial charge in [-0.3, -0.25) is 0 Å². The fourth-order valence-electron chi connectivity index (χ4n) is 1.21.